The van der Waals surface area contributed by atoms with Crippen LogP contribution in [0.15, 0.2) is 217 Å². The molecule has 0 amide bonds. The predicted octanol–water partition coefficient (Wildman–Crippen LogP) is 22.0. The summed E-state index contributed by atoms with van der Waals surface area (Å²) in [5.74, 6) is 3.51. The van der Waals surface area contributed by atoms with Crippen LogP contribution in [0, 0.1) is 27.7 Å². The van der Waals surface area contributed by atoms with E-state index in [1.54, 1.807) is 31.4 Å². The van der Waals surface area contributed by atoms with Gasteiger partial charge in [-0.05, 0) is 272 Å². The van der Waals surface area contributed by atoms with E-state index in [-0.39, 0.29) is 97.6 Å². The Hall–Kier alpha value is -11.1. The molecule has 8 aromatic carbocycles. The molecule has 4 aliphatic carbocycles. The average molecular weight is 1830 g/mol. The summed E-state index contributed by atoms with van der Waals surface area (Å²) < 4.78 is 78.1. The molecule has 0 aliphatic heterocycles. The summed E-state index contributed by atoms with van der Waals surface area (Å²) in [7, 11) is 1.67. The lowest BCUT2D eigenvalue weighted by Gasteiger charge is -2.29. The van der Waals surface area contributed by atoms with Gasteiger partial charge in [0.1, 0.15) is 74.2 Å². The van der Waals surface area contributed by atoms with Gasteiger partial charge < -0.3 is 60.3 Å². The van der Waals surface area contributed by atoms with Crippen LogP contribution in [-0.4, -0.2) is 79.1 Å². The lowest BCUT2D eigenvalue weighted by atomic mass is 9.94. The molecule has 0 radical (unpaired) electrons. The molecule has 672 valence electrons. The van der Waals surface area contributed by atoms with Crippen LogP contribution in [0.3, 0.4) is 0 Å². The summed E-state index contributed by atoms with van der Waals surface area (Å²) in [4.78, 5) is 94.6. The summed E-state index contributed by atoms with van der Waals surface area (Å²) in [5, 5.41) is 3.92. The van der Waals surface area contributed by atoms with Crippen molar-refractivity contribution in [1.29, 1.82) is 0 Å². The van der Waals surface area contributed by atoms with Crippen molar-refractivity contribution in [2.45, 2.75) is 259 Å². The first kappa shape index (κ1) is 94.5. The first-order valence-electron chi connectivity index (χ1n) is 44.2. The third-order valence-corrected chi connectivity index (χ3v) is 25.0. The second-order valence-corrected chi connectivity index (χ2v) is 35.3. The average Bonchev–Trinajstić information content (AvgIpc) is 0.799. The first-order chi connectivity index (χ1) is 61.7. The van der Waals surface area contributed by atoms with E-state index in [0.717, 1.165) is 201 Å². The molecule has 0 unspecified atom stereocenters. The van der Waals surface area contributed by atoms with E-state index in [2.05, 4.69) is 34.1 Å². The smallest absolute Gasteiger partial charge is 0.339 e. The number of ketones is 4. The molecular formula is C105H112BrClO21. The summed E-state index contributed by atoms with van der Waals surface area (Å²) in [6.45, 7) is 15.8. The van der Waals surface area contributed by atoms with E-state index in [9.17, 15) is 38.4 Å². The second kappa shape index (κ2) is 45.2. The van der Waals surface area contributed by atoms with E-state index >= 15 is 0 Å². The van der Waals surface area contributed by atoms with Gasteiger partial charge in [0.2, 0.25) is 0 Å². The number of Topliss-reactive ketones (excluding diaryl/α,β-unsaturated/α-hetero) is 4. The van der Waals surface area contributed by atoms with Gasteiger partial charge in [-0.15, -0.1) is 0 Å². The summed E-state index contributed by atoms with van der Waals surface area (Å²) in [6, 6.07) is 56.2. The third kappa shape index (κ3) is 26.1. The SMILES string of the molecule is CC(=O)Cc1cc2ccc(OC3CCC(OCc4ccc(Cl)cc4)CC3)c(C)c2oc1=O.CC(=O)Cc1cc2ccc(OC3CCC(OCc4ccccc4)CC3)c(C)c2oc1=O.CC(=O)Cc1cc2ccc(OC3CCC(OCc4ccccc4Br)CC3)c(C)c2oc1=O.COc1ccccc1COC1CCC(Oc2ccc3cc(CC(C)=O)c(=O)oc3c2C)CC1. The van der Waals surface area contributed by atoms with Crippen molar-refractivity contribution in [2.24, 2.45) is 0 Å². The number of ether oxygens (including phenoxy) is 9. The van der Waals surface area contributed by atoms with Gasteiger partial charge in [-0.1, -0.05) is 106 Å². The maximum absolute atomic E-state index is 12.3. The largest absolute Gasteiger partial charge is 0.496 e. The molecule has 21 nitrogen and oxygen atoms in total. The van der Waals surface area contributed by atoms with Gasteiger partial charge in [0.15, 0.2) is 0 Å². The Morgan fingerprint density at radius 1 is 0.312 bits per heavy atom. The van der Waals surface area contributed by atoms with Crippen molar-refractivity contribution >= 4 is 94.5 Å². The zero-order valence-electron chi connectivity index (χ0n) is 74.2. The topological polar surface area (TPSA) is 272 Å². The normalized spacial score (nSPS) is 18.6. The third-order valence-electron chi connectivity index (χ3n) is 23.9. The number of hydrogen-bond acceptors (Lipinski definition) is 21. The number of methoxy groups -OCH3 is 1. The molecule has 0 N–H and O–H groups in total. The van der Waals surface area contributed by atoms with Gasteiger partial charge in [-0.25, -0.2) is 19.2 Å². The lowest BCUT2D eigenvalue weighted by molar-refractivity contribution is -0.117. The standard InChI is InChI=1S/C27H30O6.C26H27BrO5.C26H27ClO5.C26H28O5/c1-17(28)14-21-15-19-8-13-24(18(2)26(19)33-27(21)29)32-23-11-9-22(10-12-23)31-16-20-6-4-5-7-25(20)30-3;1-16(28)13-20-14-18-7-12-24(17(2)25(18)32-26(20)29)31-22-10-8-21(9-11-22)30-15-19-5-3-4-6-23(19)27;1-16(28)13-20-14-19-5-12-24(17(2)25(19)32-26(20)29)31-23-10-8-22(9-11-23)30-15-18-3-6-21(27)7-4-18;1-17(27)14-21-15-20-8-13-24(18(2)25(20)31-26(21)28)30-23-11-9-22(10-12-23)29-16-19-6-4-3-5-7-19/h4-8,13,15,22-23H,9-12,14,16H2,1-3H3;3-7,12,14,21-22H,8-11,13,15H2,1-2H3;3-7,12,14,22-23H,8-11,13,15H2,1-2H3;3-8,13,15,22-23H,9-12,14,16H2,1-2H3. The molecule has 23 heteroatoms. The van der Waals surface area contributed by atoms with Gasteiger partial charge in [0.25, 0.3) is 0 Å². The molecule has 4 saturated carbocycles. The van der Waals surface area contributed by atoms with Crippen molar-refractivity contribution in [3.8, 4) is 28.7 Å². The van der Waals surface area contributed by atoms with E-state index in [0.29, 0.717) is 71.0 Å². The number of para-hydroxylation sites is 1. The Morgan fingerprint density at radius 2 is 0.578 bits per heavy atom. The molecule has 0 spiro atoms. The van der Waals surface area contributed by atoms with Crippen LogP contribution in [-0.2, 0) is 90.2 Å². The Labute approximate surface area is 758 Å². The van der Waals surface area contributed by atoms with E-state index in [1.165, 1.54) is 33.3 Å². The van der Waals surface area contributed by atoms with Crippen LogP contribution < -0.4 is 46.2 Å². The zero-order valence-corrected chi connectivity index (χ0v) is 76.5. The van der Waals surface area contributed by atoms with E-state index < -0.39 is 22.5 Å². The monoisotopic (exact) mass is 1820 g/mol. The summed E-state index contributed by atoms with van der Waals surface area (Å²) in [6.07, 6.45) is 16.5. The minimum Gasteiger partial charge on any atom is -0.496 e. The molecule has 12 aromatic rings. The molecule has 4 heterocycles. The first-order valence-corrected chi connectivity index (χ1v) is 45.4. The van der Waals surface area contributed by atoms with Gasteiger partial charge in [-0.2, -0.15) is 0 Å². The van der Waals surface area contributed by atoms with Crippen molar-refractivity contribution in [3.05, 3.63) is 294 Å². The highest BCUT2D eigenvalue weighted by atomic mass is 79.9. The molecule has 16 rings (SSSR count). The van der Waals surface area contributed by atoms with Gasteiger partial charge in [-0.3, -0.25) is 19.2 Å². The minimum atomic E-state index is -0.467. The highest BCUT2D eigenvalue weighted by Gasteiger charge is 2.30. The molecule has 128 heavy (non-hydrogen) atoms. The van der Waals surface area contributed by atoms with Crippen LogP contribution in [0.5, 0.6) is 28.7 Å². The zero-order chi connectivity index (χ0) is 90.5. The molecule has 0 saturated heterocycles. The number of aryl methyl sites for hydroxylation is 4. The van der Waals surface area contributed by atoms with Crippen molar-refractivity contribution in [1.82, 2.24) is 0 Å². The lowest BCUT2D eigenvalue weighted by Crippen LogP contribution is -2.28. The highest BCUT2D eigenvalue weighted by Crippen LogP contribution is 2.38. The molecule has 0 bridgehead atoms. The van der Waals surface area contributed by atoms with Crippen molar-refractivity contribution < 1.29 is 79.5 Å². The maximum Gasteiger partial charge on any atom is 0.339 e. The Bertz CT molecular complexity index is 6120. The van der Waals surface area contributed by atoms with Gasteiger partial charge in [0, 0.05) is 107 Å². The fraction of sp³-hybridized carbons (Fsp3) is 0.390. The number of fused-ring (bicyclic) bond motifs is 4. The van der Waals surface area contributed by atoms with Crippen LogP contribution in [0.4, 0.5) is 0 Å². The highest BCUT2D eigenvalue weighted by molar-refractivity contribution is 9.10. The number of carbonyl (C=O) groups is 4. The van der Waals surface area contributed by atoms with Gasteiger partial charge in [0.05, 0.1) is 82.4 Å². The molecule has 4 fully saturated rings. The number of halogens is 2. The van der Waals surface area contributed by atoms with Crippen molar-refractivity contribution in [3.63, 3.8) is 0 Å². The van der Waals surface area contributed by atoms with Crippen molar-refractivity contribution in [2.75, 3.05) is 7.11 Å². The summed E-state index contributed by atoms with van der Waals surface area (Å²) in [5.41, 5.74) is 9.50. The predicted molar refractivity (Wildman–Crippen MR) is 497 cm³/mol. The Kier molecular flexibility index (Phi) is 33.4. The van der Waals surface area contributed by atoms with E-state index in [4.69, 9.17) is 71.9 Å². The maximum atomic E-state index is 12.3. The second-order valence-electron chi connectivity index (χ2n) is 34.0. The number of hydrogen-bond donors (Lipinski definition) is 0. The number of rotatable bonds is 29. The molecule has 0 atom stereocenters. The summed E-state index contributed by atoms with van der Waals surface area (Å²) >= 11 is 9.50. The quantitative estimate of drug-likeness (QED) is 0.0394. The number of carbonyl (C=O) groups excluding carboxylic acids is 4. The molecule has 4 aliphatic rings. The van der Waals surface area contributed by atoms with E-state index in [1.807, 2.05) is 161 Å². The van der Waals surface area contributed by atoms with Crippen LogP contribution in [0.25, 0.3) is 43.9 Å². The molecular weight excluding hydrogens is 1710 g/mol. The van der Waals surface area contributed by atoms with Crippen LogP contribution in [0.1, 0.15) is 197 Å². The fourth-order valence-electron chi connectivity index (χ4n) is 16.9. The molecule has 4 aromatic heterocycles. The van der Waals surface area contributed by atoms with Gasteiger partial charge >= 0.3 is 22.5 Å². The van der Waals surface area contributed by atoms with Crippen LogP contribution in [0.2, 0.25) is 5.02 Å². The fourth-order valence-corrected chi connectivity index (χ4v) is 17.4. The Morgan fingerprint density at radius 3 is 0.883 bits per heavy atom. The number of benzene rings is 8. The Balaban J connectivity index is 0.000000146. The minimum absolute atomic E-state index is 0.0633. The van der Waals surface area contributed by atoms with Crippen LogP contribution >= 0.6 is 27.5 Å².